The minimum atomic E-state index is -0.274. The summed E-state index contributed by atoms with van der Waals surface area (Å²) in [4.78, 5) is 0. The van der Waals surface area contributed by atoms with E-state index < -0.39 is 0 Å². The van der Waals surface area contributed by atoms with Gasteiger partial charge in [0.15, 0.2) is 0 Å². The SMILES string of the molecule is CCC(O)C(CCO)CCCOC. The van der Waals surface area contributed by atoms with Crippen molar-refractivity contribution in [3.63, 3.8) is 0 Å². The molecule has 0 radical (unpaired) electrons. The number of ether oxygens (including phenoxy) is 1. The Kier molecular flexibility index (Phi) is 8.40. The summed E-state index contributed by atoms with van der Waals surface area (Å²) >= 11 is 0. The second-order valence-corrected chi connectivity index (χ2v) is 3.38. The molecule has 0 heterocycles. The molecule has 0 amide bonds. The fourth-order valence-corrected chi connectivity index (χ4v) is 1.52. The summed E-state index contributed by atoms with van der Waals surface area (Å²) in [5.74, 6) is 0.227. The molecule has 0 aliphatic rings. The number of methoxy groups -OCH3 is 1. The number of hydrogen-bond acceptors (Lipinski definition) is 3. The van der Waals surface area contributed by atoms with Gasteiger partial charge in [-0.1, -0.05) is 6.92 Å². The lowest BCUT2D eigenvalue weighted by atomic mass is 9.92. The highest BCUT2D eigenvalue weighted by Crippen LogP contribution is 2.17. The molecule has 0 aliphatic carbocycles. The van der Waals surface area contributed by atoms with Crippen molar-refractivity contribution in [3.05, 3.63) is 0 Å². The molecular weight excluding hydrogens is 168 g/mol. The predicted octanol–water partition coefficient (Wildman–Crippen LogP) is 1.18. The molecule has 2 atom stereocenters. The first-order valence-electron chi connectivity index (χ1n) is 5.04. The van der Waals surface area contributed by atoms with Gasteiger partial charge in [0, 0.05) is 20.3 Å². The van der Waals surface area contributed by atoms with Gasteiger partial charge in [-0.2, -0.15) is 0 Å². The zero-order chi connectivity index (χ0) is 10.1. The lowest BCUT2D eigenvalue weighted by Crippen LogP contribution is -2.21. The highest BCUT2D eigenvalue weighted by molar-refractivity contribution is 4.67. The number of aliphatic hydroxyl groups excluding tert-OH is 2. The zero-order valence-corrected chi connectivity index (χ0v) is 8.70. The first-order chi connectivity index (χ1) is 6.26. The summed E-state index contributed by atoms with van der Waals surface area (Å²) < 4.78 is 4.94. The van der Waals surface area contributed by atoms with Crippen LogP contribution in [0, 0.1) is 5.92 Å². The first-order valence-corrected chi connectivity index (χ1v) is 5.04. The van der Waals surface area contributed by atoms with Crippen molar-refractivity contribution in [2.75, 3.05) is 20.3 Å². The third kappa shape index (κ3) is 6.02. The summed E-state index contributed by atoms with van der Waals surface area (Å²) in [5.41, 5.74) is 0. The highest BCUT2D eigenvalue weighted by atomic mass is 16.5. The van der Waals surface area contributed by atoms with E-state index in [0.29, 0.717) is 6.42 Å². The van der Waals surface area contributed by atoms with E-state index in [2.05, 4.69) is 0 Å². The lowest BCUT2D eigenvalue weighted by molar-refractivity contribution is 0.0740. The maximum atomic E-state index is 9.60. The van der Waals surface area contributed by atoms with Crippen molar-refractivity contribution < 1.29 is 14.9 Å². The summed E-state index contributed by atoms with van der Waals surface area (Å²) in [7, 11) is 1.68. The predicted molar refractivity (Wildman–Crippen MR) is 52.6 cm³/mol. The average molecular weight is 190 g/mol. The Bertz CT molecular complexity index is 106. The van der Waals surface area contributed by atoms with E-state index in [1.54, 1.807) is 7.11 Å². The molecule has 0 saturated heterocycles. The van der Waals surface area contributed by atoms with Crippen LogP contribution in [0.1, 0.15) is 32.6 Å². The Morgan fingerprint density at radius 3 is 2.46 bits per heavy atom. The molecule has 3 nitrogen and oxygen atoms in total. The van der Waals surface area contributed by atoms with Crippen LogP contribution in [0.2, 0.25) is 0 Å². The van der Waals surface area contributed by atoms with Gasteiger partial charge in [0.1, 0.15) is 0 Å². The van der Waals surface area contributed by atoms with Crippen molar-refractivity contribution in [2.24, 2.45) is 5.92 Å². The van der Waals surface area contributed by atoms with Gasteiger partial charge in [-0.15, -0.1) is 0 Å². The van der Waals surface area contributed by atoms with Crippen molar-refractivity contribution in [2.45, 2.75) is 38.7 Å². The third-order valence-electron chi connectivity index (χ3n) is 2.39. The Balaban J connectivity index is 3.65. The zero-order valence-electron chi connectivity index (χ0n) is 8.70. The average Bonchev–Trinajstić information content (AvgIpc) is 2.16. The Labute approximate surface area is 80.7 Å². The quantitative estimate of drug-likeness (QED) is 0.565. The van der Waals surface area contributed by atoms with E-state index in [0.717, 1.165) is 25.9 Å². The van der Waals surface area contributed by atoms with Gasteiger partial charge in [0.2, 0.25) is 0 Å². The molecular formula is C10H22O3. The summed E-state index contributed by atoms with van der Waals surface area (Å²) in [6, 6.07) is 0. The van der Waals surface area contributed by atoms with E-state index in [-0.39, 0.29) is 18.6 Å². The largest absolute Gasteiger partial charge is 0.396 e. The first kappa shape index (κ1) is 12.9. The Hall–Kier alpha value is -0.120. The molecule has 0 saturated carbocycles. The molecule has 0 bridgehead atoms. The molecule has 2 N–H and O–H groups in total. The van der Waals surface area contributed by atoms with E-state index in [4.69, 9.17) is 9.84 Å². The molecule has 0 aromatic carbocycles. The van der Waals surface area contributed by atoms with Crippen molar-refractivity contribution in [1.82, 2.24) is 0 Å². The van der Waals surface area contributed by atoms with Gasteiger partial charge >= 0.3 is 0 Å². The fourth-order valence-electron chi connectivity index (χ4n) is 1.52. The van der Waals surface area contributed by atoms with Gasteiger partial charge in [-0.3, -0.25) is 0 Å². The van der Waals surface area contributed by atoms with Gasteiger partial charge in [0.05, 0.1) is 6.10 Å². The van der Waals surface area contributed by atoms with Gasteiger partial charge in [0.25, 0.3) is 0 Å². The van der Waals surface area contributed by atoms with Gasteiger partial charge < -0.3 is 14.9 Å². The van der Waals surface area contributed by atoms with Crippen LogP contribution < -0.4 is 0 Å². The van der Waals surface area contributed by atoms with E-state index in [9.17, 15) is 5.11 Å². The third-order valence-corrected chi connectivity index (χ3v) is 2.39. The van der Waals surface area contributed by atoms with Crippen LogP contribution in [0.25, 0.3) is 0 Å². The minimum Gasteiger partial charge on any atom is -0.396 e. The van der Waals surface area contributed by atoms with Crippen LogP contribution in [0.5, 0.6) is 0 Å². The molecule has 80 valence electrons. The Morgan fingerprint density at radius 1 is 1.31 bits per heavy atom. The Morgan fingerprint density at radius 2 is 2.00 bits per heavy atom. The molecule has 0 aliphatic heterocycles. The van der Waals surface area contributed by atoms with E-state index in [1.807, 2.05) is 6.92 Å². The highest BCUT2D eigenvalue weighted by Gasteiger charge is 2.16. The topological polar surface area (TPSA) is 49.7 Å². The van der Waals surface area contributed by atoms with Crippen LogP contribution in [0.4, 0.5) is 0 Å². The summed E-state index contributed by atoms with van der Waals surface area (Å²) in [6.45, 7) is 2.86. The van der Waals surface area contributed by atoms with Crippen LogP contribution in [-0.4, -0.2) is 36.6 Å². The van der Waals surface area contributed by atoms with Gasteiger partial charge in [-0.05, 0) is 31.6 Å². The molecule has 0 aromatic rings. The fraction of sp³-hybridized carbons (Fsp3) is 1.00. The van der Waals surface area contributed by atoms with Crippen LogP contribution in [0.3, 0.4) is 0 Å². The maximum Gasteiger partial charge on any atom is 0.0566 e. The maximum absolute atomic E-state index is 9.60. The van der Waals surface area contributed by atoms with Crippen LogP contribution in [-0.2, 0) is 4.74 Å². The van der Waals surface area contributed by atoms with Crippen molar-refractivity contribution in [3.8, 4) is 0 Å². The molecule has 2 unspecified atom stereocenters. The summed E-state index contributed by atoms with van der Waals surface area (Å²) in [5, 5.41) is 18.4. The number of hydrogen-bond donors (Lipinski definition) is 2. The van der Waals surface area contributed by atoms with Crippen LogP contribution in [0.15, 0.2) is 0 Å². The number of aliphatic hydroxyl groups is 2. The normalized spacial score (nSPS) is 15.7. The van der Waals surface area contributed by atoms with Crippen LogP contribution >= 0.6 is 0 Å². The molecule has 0 aromatic heterocycles. The standard InChI is InChI=1S/C10H22O3/c1-3-10(12)9(6-7-11)5-4-8-13-2/h9-12H,3-8H2,1-2H3. The lowest BCUT2D eigenvalue weighted by Gasteiger charge is -2.20. The van der Waals surface area contributed by atoms with Crippen molar-refractivity contribution >= 4 is 0 Å². The van der Waals surface area contributed by atoms with Gasteiger partial charge in [-0.25, -0.2) is 0 Å². The molecule has 3 heteroatoms. The van der Waals surface area contributed by atoms with E-state index >= 15 is 0 Å². The van der Waals surface area contributed by atoms with Crippen molar-refractivity contribution in [1.29, 1.82) is 0 Å². The monoisotopic (exact) mass is 190 g/mol. The summed E-state index contributed by atoms with van der Waals surface area (Å²) in [6.07, 6.45) is 3.07. The molecule has 13 heavy (non-hydrogen) atoms. The smallest absolute Gasteiger partial charge is 0.0566 e. The second kappa shape index (κ2) is 8.48. The van der Waals surface area contributed by atoms with E-state index in [1.165, 1.54) is 0 Å². The molecule has 0 fully saturated rings. The molecule has 0 spiro atoms. The minimum absolute atomic E-state index is 0.161. The number of rotatable bonds is 8. The second-order valence-electron chi connectivity index (χ2n) is 3.38. The molecule has 0 rings (SSSR count).